The van der Waals surface area contributed by atoms with E-state index in [1.54, 1.807) is 0 Å². The second-order valence-electron chi connectivity index (χ2n) is 4.08. The second-order valence-corrected chi connectivity index (χ2v) is 4.08. The predicted molar refractivity (Wildman–Crippen MR) is 60.2 cm³/mol. The van der Waals surface area contributed by atoms with Crippen molar-refractivity contribution in [1.82, 2.24) is 10.6 Å². The van der Waals surface area contributed by atoms with Crippen molar-refractivity contribution in [2.24, 2.45) is 5.92 Å². The summed E-state index contributed by atoms with van der Waals surface area (Å²) in [4.78, 5) is 11.7. The smallest absolute Gasteiger partial charge is 0.224 e. The minimum Gasteiger partial charge on any atom is -0.381 e. The molecular weight excluding hydrogens is 216 g/mol. The zero-order valence-corrected chi connectivity index (χ0v) is 9.65. The Balaban J connectivity index is 0.00000112. The van der Waals surface area contributed by atoms with E-state index in [1.807, 2.05) is 0 Å². The van der Waals surface area contributed by atoms with E-state index in [4.69, 9.17) is 4.74 Å². The van der Waals surface area contributed by atoms with Crippen molar-refractivity contribution in [1.29, 1.82) is 0 Å². The average molecular weight is 235 g/mol. The Morgan fingerprint density at radius 2 is 2.00 bits per heavy atom. The molecule has 0 spiro atoms. The van der Waals surface area contributed by atoms with Crippen molar-refractivity contribution < 1.29 is 9.53 Å². The van der Waals surface area contributed by atoms with Crippen LogP contribution in [0.4, 0.5) is 0 Å². The van der Waals surface area contributed by atoms with Gasteiger partial charge in [-0.1, -0.05) is 0 Å². The number of ether oxygens (including phenoxy) is 1. The molecule has 2 aliphatic rings. The summed E-state index contributed by atoms with van der Waals surface area (Å²) in [5.41, 5.74) is 0. The summed E-state index contributed by atoms with van der Waals surface area (Å²) in [5.74, 6) is 0.416. The van der Waals surface area contributed by atoms with Gasteiger partial charge in [0.1, 0.15) is 0 Å². The standard InChI is InChI=1S/C10H18N2O2.ClH/c13-10(8-1-4-11-7-8)12-9-2-5-14-6-3-9;/h8-9,11H,1-7H2,(H,12,13);1H/t8-;/m1./s1. The fraction of sp³-hybridized carbons (Fsp3) is 0.900. The normalized spacial score (nSPS) is 27.1. The van der Waals surface area contributed by atoms with Crippen molar-refractivity contribution in [2.45, 2.75) is 25.3 Å². The summed E-state index contributed by atoms with van der Waals surface area (Å²) < 4.78 is 5.24. The highest BCUT2D eigenvalue weighted by atomic mass is 35.5. The van der Waals surface area contributed by atoms with E-state index in [1.165, 1.54) is 0 Å². The Kier molecular flexibility index (Phi) is 5.36. The third-order valence-electron chi connectivity index (χ3n) is 3.00. The van der Waals surface area contributed by atoms with E-state index in [0.29, 0.717) is 6.04 Å². The van der Waals surface area contributed by atoms with Gasteiger partial charge in [0.15, 0.2) is 0 Å². The minimum absolute atomic E-state index is 0. The van der Waals surface area contributed by atoms with Gasteiger partial charge in [0.05, 0.1) is 5.92 Å². The monoisotopic (exact) mass is 234 g/mol. The number of carbonyl (C=O) groups is 1. The molecule has 1 amide bonds. The van der Waals surface area contributed by atoms with Crippen LogP contribution in [0.1, 0.15) is 19.3 Å². The van der Waals surface area contributed by atoms with E-state index in [-0.39, 0.29) is 24.2 Å². The molecule has 0 aliphatic carbocycles. The molecule has 0 saturated carbocycles. The zero-order chi connectivity index (χ0) is 9.80. The van der Waals surface area contributed by atoms with Crippen molar-refractivity contribution >= 4 is 18.3 Å². The molecule has 0 bridgehead atoms. The molecule has 15 heavy (non-hydrogen) atoms. The predicted octanol–water partition coefficient (Wildman–Crippen LogP) is 0.313. The van der Waals surface area contributed by atoms with Crippen molar-refractivity contribution in [3.05, 3.63) is 0 Å². The van der Waals surface area contributed by atoms with E-state index in [0.717, 1.165) is 45.6 Å². The van der Waals surface area contributed by atoms with Crippen LogP contribution >= 0.6 is 12.4 Å². The summed E-state index contributed by atoms with van der Waals surface area (Å²) in [5, 5.41) is 6.31. The molecule has 2 N–H and O–H groups in total. The van der Waals surface area contributed by atoms with Gasteiger partial charge in [-0.2, -0.15) is 0 Å². The molecule has 2 heterocycles. The lowest BCUT2D eigenvalue weighted by Crippen LogP contribution is -2.42. The van der Waals surface area contributed by atoms with Crippen LogP contribution in [-0.4, -0.2) is 38.3 Å². The van der Waals surface area contributed by atoms with Crippen molar-refractivity contribution in [3.63, 3.8) is 0 Å². The number of amides is 1. The Labute approximate surface area is 96.5 Å². The van der Waals surface area contributed by atoms with Gasteiger partial charge in [-0.05, 0) is 25.8 Å². The average Bonchev–Trinajstić information content (AvgIpc) is 2.72. The summed E-state index contributed by atoms with van der Waals surface area (Å²) >= 11 is 0. The number of rotatable bonds is 2. The van der Waals surface area contributed by atoms with Gasteiger partial charge >= 0.3 is 0 Å². The molecule has 0 aromatic carbocycles. The molecule has 0 aromatic heterocycles. The molecule has 0 unspecified atom stereocenters. The molecule has 5 heteroatoms. The molecule has 2 fully saturated rings. The van der Waals surface area contributed by atoms with Gasteiger partial charge in [0, 0.05) is 25.8 Å². The topological polar surface area (TPSA) is 50.4 Å². The number of hydrogen-bond donors (Lipinski definition) is 2. The van der Waals surface area contributed by atoms with Crippen LogP contribution in [0.25, 0.3) is 0 Å². The highest BCUT2D eigenvalue weighted by Gasteiger charge is 2.25. The van der Waals surface area contributed by atoms with Crippen LogP contribution in [0.5, 0.6) is 0 Å². The Morgan fingerprint density at radius 3 is 2.60 bits per heavy atom. The zero-order valence-electron chi connectivity index (χ0n) is 8.83. The molecule has 4 nitrogen and oxygen atoms in total. The Bertz CT molecular complexity index is 202. The lowest BCUT2D eigenvalue weighted by Gasteiger charge is -2.24. The molecule has 2 rings (SSSR count). The van der Waals surface area contributed by atoms with Crippen LogP contribution in [-0.2, 0) is 9.53 Å². The van der Waals surface area contributed by atoms with Gasteiger partial charge in [-0.15, -0.1) is 12.4 Å². The maximum Gasteiger partial charge on any atom is 0.224 e. The first-order valence-corrected chi connectivity index (χ1v) is 5.45. The molecule has 88 valence electrons. The summed E-state index contributed by atoms with van der Waals surface area (Å²) in [7, 11) is 0. The number of nitrogens with one attached hydrogen (secondary N) is 2. The maximum atomic E-state index is 11.7. The molecule has 0 aromatic rings. The highest BCUT2D eigenvalue weighted by Crippen LogP contribution is 2.11. The number of carbonyl (C=O) groups excluding carboxylic acids is 1. The minimum atomic E-state index is 0. The number of hydrogen-bond acceptors (Lipinski definition) is 3. The molecular formula is C10H19ClN2O2. The van der Waals surface area contributed by atoms with E-state index in [2.05, 4.69) is 10.6 Å². The van der Waals surface area contributed by atoms with E-state index in [9.17, 15) is 4.79 Å². The molecule has 2 saturated heterocycles. The van der Waals surface area contributed by atoms with Crippen molar-refractivity contribution in [3.8, 4) is 0 Å². The molecule has 1 atom stereocenters. The summed E-state index contributed by atoms with van der Waals surface area (Å²) in [6.07, 6.45) is 2.91. The Morgan fingerprint density at radius 1 is 1.27 bits per heavy atom. The SMILES string of the molecule is Cl.O=C(NC1CCOCC1)[C@@H]1CCNC1. The first-order valence-electron chi connectivity index (χ1n) is 5.45. The fourth-order valence-corrected chi connectivity index (χ4v) is 2.04. The lowest BCUT2D eigenvalue weighted by atomic mass is 10.1. The Hall–Kier alpha value is -0.320. The van der Waals surface area contributed by atoms with Gasteiger partial charge in [0.2, 0.25) is 5.91 Å². The third kappa shape index (κ3) is 3.63. The second kappa shape index (κ2) is 6.30. The fourth-order valence-electron chi connectivity index (χ4n) is 2.04. The first-order chi connectivity index (χ1) is 6.86. The summed E-state index contributed by atoms with van der Waals surface area (Å²) in [6.45, 7) is 3.39. The van der Waals surface area contributed by atoms with Crippen LogP contribution in [0, 0.1) is 5.92 Å². The van der Waals surface area contributed by atoms with Crippen LogP contribution in [0.15, 0.2) is 0 Å². The van der Waals surface area contributed by atoms with Crippen molar-refractivity contribution in [2.75, 3.05) is 26.3 Å². The first kappa shape index (κ1) is 12.7. The molecule has 0 radical (unpaired) electrons. The largest absolute Gasteiger partial charge is 0.381 e. The van der Waals surface area contributed by atoms with Gasteiger partial charge in [0.25, 0.3) is 0 Å². The lowest BCUT2D eigenvalue weighted by molar-refractivity contribution is -0.125. The van der Waals surface area contributed by atoms with Crippen LogP contribution < -0.4 is 10.6 Å². The highest BCUT2D eigenvalue weighted by molar-refractivity contribution is 5.85. The maximum absolute atomic E-state index is 11.7. The van der Waals surface area contributed by atoms with Gasteiger partial charge in [-0.25, -0.2) is 0 Å². The van der Waals surface area contributed by atoms with E-state index < -0.39 is 0 Å². The van der Waals surface area contributed by atoms with E-state index >= 15 is 0 Å². The van der Waals surface area contributed by atoms with Crippen LogP contribution in [0.3, 0.4) is 0 Å². The molecule has 2 aliphatic heterocycles. The quantitative estimate of drug-likeness (QED) is 0.723. The van der Waals surface area contributed by atoms with Gasteiger partial charge < -0.3 is 15.4 Å². The summed E-state index contributed by atoms with van der Waals surface area (Å²) in [6, 6.07) is 0.344. The third-order valence-corrected chi connectivity index (χ3v) is 3.00. The van der Waals surface area contributed by atoms with Crippen LogP contribution in [0.2, 0.25) is 0 Å². The number of halogens is 1. The van der Waals surface area contributed by atoms with Gasteiger partial charge in [-0.3, -0.25) is 4.79 Å².